The highest BCUT2D eigenvalue weighted by molar-refractivity contribution is 6.47. The molecule has 5 nitrogen and oxygen atoms in total. The van der Waals surface area contributed by atoms with Crippen molar-refractivity contribution in [2.45, 2.75) is 26.7 Å². The van der Waals surface area contributed by atoms with Gasteiger partial charge >= 0.3 is 11.8 Å². The van der Waals surface area contributed by atoms with Crippen LogP contribution < -0.4 is 4.74 Å². The van der Waals surface area contributed by atoms with Gasteiger partial charge in [-0.1, -0.05) is 0 Å². The second-order valence-corrected chi connectivity index (χ2v) is 6.97. The highest BCUT2D eigenvalue weighted by atomic mass is 19.3. The number of hydrogen-bond donors (Lipinski definition) is 0. The Labute approximate surface area is 173 Å². The summed E-state index contributed by atoms with van der Waals surface area (Å²) in [5.74, 6) is -4.44. The van der Waals surface area contributed by atoms with E-state index in [2.05, 4.69) is 11.1 Å². The third-order valence-corrected chi connectivity index (χ3v) is 4.69. The van der Waals surface area contributed by atoms with Crippen molar-refractivity contribution in [2.24, 2.45) is 4.99 Å². The molecular weight excluding hydrogens is 388 g/mol. The molecule has 2 aromatic rings. The summed E-state index contributed by atoms with van der Waals surface area (Å²) in [6.45, 7) is 3.91. The summed E-state index contributed by atoms with van der Waals surface area (Å²) in [6.07, 6.45) is 1.89. The summed E-state index contributed by atoms with van der Waals surface area (Å²) in [4.78, 5) is 15.6. The molecule has 0 bridgehead atoms. The van der Waals surface area contributed by atoms with Crippen LogP contribution in [-0.4, -0.2) is 34.9 Å². The fraction of sp³-hybridized carbons (Fsp3) is 0.217. The molecule has 0 radical (unpaired) electrons. The first-order valence-corrected chi connectivity index (χ1v) is 9.17. The Hall–Kier alpha value is -3.66. The number of ether oxygens (including phenoxy) is 1. The molecule has 7 heteroatoms. The molecule has 1 aliphatic heterocycles. The van der Waals surface area contributed by atoms with Crippen molar-refractivity contribution in [1.82, 2.24) is 0 Å². The largest absolute Gasteiger partial charge is 0.497 e. The van der Waals surface area contributed by atoms with E-state index in [1.165, 1.54) is 6.92 Å². The number of aliphatic imine (C=N–C) groups is 1. The van der Waals surface area contributed by atoms with E-state index >= 15 is 0 Å². The summed E-state index contributed by atoms with van der Waals surface area (Å²) >= 11 is 0. The fourth-order valence-electron chi connectivity index (χ4n) is 3.27. The van der Waals surface area contributed by atoms with Gasteiger partial charge in [-0.2, -0.15) is 18.6 Å². The lowest BCUT2D eigenvalue weighted by Gasteiger charge is -2.10. The summed E-state index contributed by atoms with van der Waals surface area (Å²) in [5.41, 5.74) is 4.21. The van der Waals surface area contributed by atoms with Crippen LogP contribution in [0.4, 0.5) is 14.5 Å². The van der Waals surface area contributed by atoms with E-state index in [0.29, 0.717) is 29.5 Å². The van der Waals surface area contributed by atoms with Crippen LogP contribution in [0.2, 0.25) is 0 Å². The molecular formula is C23H20F2N3O2+. The van der Waals surface area contributed by atoms with E-state index < -0.39 is 11.8 Å². The molecule has 0 N–H and O–H groups in total. The lowest BCUT2D eigenvalue weighted by molar-refractivity contribution is -0.374. The minimum Gasteiger partial charge on any atom is -0.497 e. The molecule has 30 heavy (non-hydrogen) atoms. The second-order valence-electron chi connectivity index (χ2n) is 6.97. The molecule has 152 valence electrons. The number of halogens is 2. The zero-order chi connectivity index (χ0) is 22.1. The average molecular weight is 408 g/mol. The van der Waals surface area contributed by atoms with Crippen LogP contribution >= 0.6 is 0 Å². The van der Waals surface area contributed by atoms with Crippen LogP contribution in [0.25, 0.3) is 6.08 Å². The molecule has 3 rings (SSSR count). The number of amides is 1. The maximum absolute atomic E-state index is 13.5. The van der Waals surface area contributed by atoms with Crippen molar-refractivity contribution in [2.75, 3.05) is 7.11 Å². The quantitative estimate of drug-likeness (QED) is 0.543. The number of fused-ring (bicyclic) bond motifs is 1. The van der Waals surface area contributed by atoms with Crippen molar-refractivity contribution >= 4 is 29.1 Å². The Kier molecular flexibility index (Phi) is 5.61. The SMILES string of the molecule is COc1ccc(C(C(C)=NC(=O)C(C)(F)F)=[N+]2C(C)=Cc3cc(C#N)ccc32)cc1. The normalized spacial score (nSPS) is 15.2. The first-order chi connectivity index (χ1) is 14.2. The predicted molar refractivity (Wildman–Crippen MR) is 111 cm³/mol. The van der Waals surface area contributed by atoms with Crippen LogP contribution in [0.5, 0.6) is 5.75 Å². The number of hydrogen-bond acceptors (Lipinski definition) is 3. The first-order valence-electron chi connectivity index (χ1n) is 9.17. The molecule has 0 saturated heterocycles. The minimum atomic E-state index is -3.57. The van der Waals surface area contributed by atoms with Crippen LogP contribution in [0.15, 0.2) is 53.2 Å². The van der Waals surface area contributed by atoms with Gasteiger partial charge in [-0.15, -0.1) is 0 Å². The molecule has 0 spiro atoms. The predicted octanol–water partition coefficient (Wildman–Crippen LogP) is 4.72. The fourth-order valence-corrected chi connectivity index (χ4v) is 3.27. The molecule has 1 aliphatic rings. The van der Waals surface area contributed by atoms with Gasteiger partial charge in [0.2, 0.25) is 11.4 Å². The molecule has 0 unspecified atom stereocenters. The Bertz CT molecular complexity index is 1150. The van der Waals surface area contributed by atoms with Gasteiger partial charge < -0.3 is 4.74 Å². The second kappa shape index (κ2) is 7.99. The van der Waals surface area contributed by atoms with E-state index in [0.717, 1.165) is 16.9 Å². The molecule has 0 fully saturated rings. The van der Waals surface area contributed by atoms with Crippen LogP contribution in [0, 0.1) is 11.3 Å². The number of allylic oxidation sites excluding steroid dienone is 1. The Balaban J connectivity index is 2.28. The number of nitrogens with zero attached hydrogens (tertiary/aromatic N) is 3. The molecule has 0 atom stereocenters. The van der Waals surface area contributed by atoms with Crippen molar-refractivity contribution < 1.29 is 22.9 Å². The smallest absolute Gasteiger partial charge is 0.324 e. The van der Waals surface area contributed by atoms with Crippen LogP contribution in [0.1, 0.15) is 37.5 Å². The van der Waals surface area contributed by atoms with Gasteiger partial charge in [-0.3, -0.25) is 4.79 Å². The number of carbonyl (C=O) groups is 1. The highest BCUT2D eigenvalue weighted by Gasteiger charge is 2.35. The van der Waals surface area contributed by atoms with Crippen LogP contribution in [-0.2, 0) is 4.79 Å². The zero-order valence-corrected chi connectivity index (χ0v) is 17.0. The Morgan fingerprint density at radius 3 is 2.43 bits per heavy atom. The highest BCUT2D eigenvalue weighted by Crippen LogP contribution is 2.33. The molecule has 1 heterocycles. The monoisotopic (exact) mass is 408 g/mol. The van der Waals surface area contributed by atoms with Crippen LogP contribution in [0.3, 0.4) is 0 Å². The van der Waals surface area contributed by atoms with Crippen molar-refractivity contribution in [3.05, 3.63) is 64.9 Å². The van der Waals surface area contributed by atoms with Crippen molar-refractivity contribution in [3.8, 4) is 11.8 Å². The van der Waals surface area contributed by atoms with Gasteiger partial charge in [0.15, 0.2) is 5.70 Å². The van der Waals surface area contributed by atoms with Gasteiger partial charge in [0.05, 0.1) is 24.3 Å². The van der Waals surface area contributed by atoms with E-state index in [4.69, 9.17) is 4.74 Å². The van der Waals surface area contributed by atoms with Gasteiger partial charge in [-0.05, 0) is 43.3 Å². The summed E-state index contributed by atoms with van der Waals surface area (Å²) in [5, 5.41) is 9.17. The van der Waals surface area contributed by atoms with Gasteiger partial charge in [0, 0.05) is 31.6 Å². The third kappa shape index (κ3) is 4.03. The number of alkyl halides is 2. The van der Waals surface area contributed by atoms with E-state index in [1.807, 2.05) is 17.6 Å². The molecule has 0 saturated carbocycles. The standard InChI is InChI=1S/C23H20F2N3O2/c1-14-11-18-12-16(13-26)5-10-20(18)28(14)21(15(2)27-22(29)23(3,24)25)17-6-8-19(30-4)9-7-17/h5-12H,1-4H3/q+1. The van der Waals surface area contributed by atoms with E-state index in [-0.39, 0.29) is 5.71 Å². The maximum Gasteiger partial charge on any atom is 0.324 e. The third-order valence-electron chi connectivity index (χ3n) is 4.69. The van der Waals surface area contributed by atoms with E-state index in [9.17, 15) is 18.8 Å². The van der Waals surface area contributed by atoms with Crippen molar-refractivity contribution in [3.63, 3.8) is 0 Å². The number of nitriles is 1. The molecule has 1 amide bonds. The average Bonchev–Trinajstić information content (AvgIpc) is 3.02. The van der Waals surface area contributed by atoms with Gasteiger partial charge in [0.1, 0.15) is 11.5 Å². The molecule has 2 aromatic carbocycles. The van der Waals surface area contributed by atoms with Crippen molar-refractivity contribution in [1.29, 1.82) is 5.26 Å². The molecule has 0 aromatic heterocycles. The lowest BCUT2D eigenvalue weighted by atomic mass is 10.0. The topological polar surface area (TPSA) is 65.5 Å². The summed E-state index contributed by atoms with van der Waals surface area (Å²) in [6, 6.07) is 14.4. The maximum atomic E-state index is 13.5. The van der Waals surface area contributed by atoms with Gasteiger partial charge in [-0.25, -0.2) is 4.99 Å². The summed E-state index contributed by atoms with van der Waals surface area (Å²) in [7, 11) is 1.55. The first kappa shape index (κ1) is 21.1. The lowest BCUT2D eigenvalue weighted by Crippen LogP contribution is -2.28. The molecule has 0 aliphatic carbocycles. The summed E-state index contributed by atoms with van der Waals surface area (Å²) < 4.78 is 34.0. The number of carbonyl (C=O) groups excluding carboxylic acids is 1. The number of benzene rings is 2. The number of methoxy groups -OCH3 is 1. The number of rotatable bonds is 4. The van der Waals surface area contributed by atoms with Gasteiger partial charge in [0.25, 0.3) is 0 Å². The van der Waals surface area contributed by atoms with E-state index in [1.54, 1.807) is 49.6 Å². The Morgan fingerprint density at radius 1 is 1.20 bits per heavy atom. The minimum absolute atomic E-state index is 0.150. The zero-order valence-electron chi connectivity index (χ0n) is 17.0. The Morgan fingerprint density at radius 2 is 1.87 bits per heavy atom.